The largest absolute Gasteiger partial charge is 0.460 e. The third-order valence-corrected chi connectivity index (χ3v) is 4.14. The lowest BCUT2D eigenvalue weighted by Crippen LogP contribution is -2.34. The van der Waals surface area contributed by atoms with Crippen LogP contribution in [-0.4, -0.2) is 22.7 Å². The fraction of sp³-hybridized carbons (Fsp3) is 0.188. The first-order chi connectivity index (χ1) is 11.1. The van der Waals surface area contributed by atoms with Crippen LogP contribution in [0.3, 0.4) is 0 Å². The summed E-state index contributed by atoms with van der Waals surface area (Å²) < 4.78 is 5.16. The Labute approximate surface area is 137 Å². The fourth-order valence-electron chi connectivity index (χ4n) is 1.75. The number of hydrogen-bond donors (Lipinski definition) is 1. The molecule has 0 saturated carbocycles. The van der Waals surface area contributed by atoms with Gasteiger partial charge in [-0.1, -0.05) is 30.3 Å². The van der Waals surface area contributed by atoms with Gasteiger partial charge in [-0.25, -0.2) is 0 Å². The molecule has 23 heavy (non-hydrogen) atoms. The van der Waals surface area contributed by atoms with E-state index in [1.165, 1.54) is 23.9 Å². The highest BCUT2D eigenvalue weighted by Gasteiger charge is 2.16. The second-order valence-electron chi connectivity index (χ2n) is 4.76. The quantitative estimate of drug-likeness (QED) is 0.362. The van der Waals surface area contributed by atoms with Crippen LogP contribution >= 0.6 is 11.8 Å². The lowest BCUT2D eigenvalue weighted by molar-refractivity contribution is -0.384. The number of carbonyl (C=O) groups excluding carboxylic acids is 1. The lowest BCUT2D eigenvalue weighted by atomic mass is 10.2. The first-order valence-electron chi connectivity index (χ1n) is 6.89. The summed E-state index contributed by atoms with van der Waals surface area (Å²) in [6.45, 7) is 0.190. The van der Waals surface area contributed by atoms with Gasteiger partial charge in [0.2, 0.25) is 0 Å². The van der Waals surface area contributed by atoms with Crippen LogP contribution in [0.2, 0.25) is 0 Å². The summed E-state index contributed by atoms with van der Waals surface area (Å²) >= 11 is 1.35. The number of hydrogen-bond acceptors (Lipinski definition) is 6. The van der Waals surface area contributed by atoms with Gasteiger partial charge in [0.05, 0.1) is 4.92 Å². The zero-order chi connectivity index (χ0) is 16.7. The molecule has 0 bridgehead atoms. The third kappa shape index (κ3) is 5.39. The van der Waals surface area contributed by atoms with Crippen LogP contribution in [0.5, 0.6) is 0 Å². The van der Waals surface area contributed by atoms with Crippen LogP contribution in [0.4, 0.5) is 5.69 Å². The average molecular weight is 332 g/mol. The van der Waals surface area contributed by atoms with Gasteiger partial charge in [0, 0.05) is 22.8 Å². The van der Waals surface area contributed by atoms with Crippen molar-refractivity contribution in [2.75, 3.05) is 5.75 Å². The van der Waals surface area contributed by atoms with Crippen LogP contribution in [0.1, 0.15) is 5.56 Å². The molecule has 2 N–H and O–H groups in total. The highest BCUT2D eigenvalue weighted by molar-refractivity contribution is 7.99. The molecule has 0 heterocycles. The summed E-state index contributed by atoms with van der Waals surface area (Å²) in [5.41, 5.74) is 6.73. The van der Waals surface area contributed by atoms with E-state index in [1.54, 1.807) is 12.1 Å². The number of benzene rings is 2. The number of esters is 1. The number of non-ortho nitro benzene ring substituents is 1. The molecule has 2 aromatic rings. The van der Waals surface area contributed by atoms with Gasteiger partial charge in [-0.2, -0.15) is 0 Å². The van der Waals surface area contributed by atoms with E-state index in [1.807, 2.05) is 30.3 Å². The van der Waals surface area contributed by atoms with Crippen molar-refractivity contribution < 1.29 is 14.5 Å². The van der Waals surface area contributed by atoms with Crippen molar-refractivity contribution in [3.05, 3.63) is 70.3 Å². The maximum Gasteiger partial charge on any atom is 0.324 e. The van der Waals surface area contributed by atoms with Crippen molar-refractivity contribution in [3.63, 3.8) is 0 Å². The summed E-state index contributed by atoms with van der Waals surface area (Å²) in [5, 5.41) is 10.6. The summed E-state index contributed by atoms with van der Waals surface area (Å²) in [5.74, 6) is -0.130. The van der Waals surface area contributed by atoms with Gasteiger partial charge in [0.1, 0.15) is 12.6 Å². The molecule has 0 fully saturated rings. The summed E-state index contributed by atoms with van der Waals surface area (Å²) in [6.07, 6.45) is 0. The van der Waals surface area contributed by atoms with E-state index < -0.39 is 16.9 Å². The molecule has 2 aromatic carbocycles. The molecule has 0 saturated heterocycles. The Bertz CT molecular complexity index is 662. The summed E-state index contributed by atoms with van der Waals surface area (Å²) in [4.78, 5) is 22.8. The Balaban J connectivity index is 1.78. The molecule has 6 nitrogen and oxygen atoms in total. The van der Waals surface area contributed by atoms with Gasteiger partial charge < -0.3 is 10.5 Å². The van der Waals surface area contributed by atoms with Crippen LogP contribution in [0.25, 0.3) is 0 Å². The number of nitro groups is 1. The first-order valence-corrected chi connectivity index (χ1v) is 7.88. The molecule has 0 aliphatic rings. The minimum atomic E-state index is -0.751. The van der Waals surface area contributed by atoms with Gasteiger partial charge in [-0.15, -0.1) is 11.8 Å². The zero-order valence-electron chi connectivity index (χ0n) is 12.3. The van der Waals surface area contributed by atoms with Gasteiger partial charge in [0.25, 0.3) is 5.69 Å². The van der Waals surface area contributed by atoms with Gasteiger partial charge in [-0.3, -0.25) is 14.9 Å². The van der Waals surface area contributed by atoms with Crippen LogP contribution in [0.15, 0.2) is 59.5 Å². The summed E-state index contributed by atoms with van der Waals surface area (Å²) in [6, 6.07) is 14.7. The standard InChI is InChI=1S/C16H16N2O4S/c17-15(16(19)22-10-12-4-2-1-3-5-12)11-23-14-8-6-13(7-9-14)18(20)21/h1-9,15H,10-11,17H2. The number of thioether (sulfide) groups is 1. The average Bonchev–Trinajstić information content (AvgIpc) is 2.58. The van der Waals surface area contributed by atoms with Crippen molar-refractivity contribution in [1.29, 1.82) is 0 Å². The second kappa shape index (κ2) is 8.30. The number of nitrogens with zero attached hydrogens (tertiary/aromatic N) is 1. The number of nitrogens with two attached hydrogens (primary N) is 1. The molecule has 2 rings (SSSR count). The molecule has 0 radical (unpaired) electrons. The molecule has 0 aliphatic heterocycles. The number of rotatable bonds is 7. The Morgan fingerprint density at radius 3 is 2.43 bits per heavy atom. The highest BCUT2D eigenvalue weighted by Crippen LogP contribution is 2.21. The van der Waals surface area contributed by atoms with Gasteiger partial charge in [0.15, 0.2) is 0 Å². The van der Waals surface area contributed by atoms with E-state index >= 15 is 0 Å². The Morgan fingerprint density at radius 1 is 1.17 bits per heavy atom. The van der Waals surface area contributed by atoms with E-state index in [0.717, 1.165) is 10.5 Å². The predicted molar refractivity (Wildman–Crippen MR) is 88.0 cm³/mol. The number of nitro benzene ring substituents is 1. The Morgan fingerprint density at radius 2 is 1.83 bits per heavy atom. The van der Waals surface area contributed by atoms with Crippen molar-refractivity contribution in [3.8, 4) is 0 Å². The first kappa shape index (κ1) is 17.0. The van der Waals surface area contributed by atoms with Crippen molar-refractivity contribution in [2.24, 2.45) is 5.73 Å². The van der Waals surface area contributed by atoms with Crippen LogP contribution in [0, 0.1) is 10.1 Å². The number of carbonyl (C=O) groups is 1. The molecule has 0 aliphatic carbocycles. The van der Waals surface area contributed by atoms with Crippen molar-refractivity contribution >= 4 is 23.4 Å². The molecule has 1 unspecified atom stereocenters. The Kier molecular flexibility index (Phi) is 6.13. The van der Waals surface area contributed by atoms with E-state index in [4.69, 9.17) is 10.5 Å². The molecule has 0 aromatic heterocycles. The molecule has 120 valence electrons. The van der Waals surface area contributed by atoms with Crippen molar-refractivity contribution in [2.45, 2.75) is 17.5 Å². The normalized spacial score (nSPS) is 11.7. The van der Waals surface area contributed by atoms with E-state index in [9.17, 15) is 14.9 Å². The zero-order valence-corrected chi connectivity index (χ0v) is 13.1. The molecule has 7 heteroatoms. The molecule has 1 atom stereocenters. The van der Waals surface area contributed by atoms with E-state index in [2.05, 4.69) is 0 Å². The van der Waals surface area contributed by atoms with Crippen LogP contribution < -0.4 is 5.73 Å². The summed E-state index contributed by atoms with van der Waals surface area (Å²) in [7, 11) is 0. The predicted octanol–water partition coefficient (Wildman–Crippen LogP) is 2.76. The molecular weight excluding hydrogens is 316 g/mol. The SMILES string of the molecule is NC(CSc1ccc([N+](=O)[O-])cc1)C(=O)OCc1ccccc1. The topological polar surface area (TPSA) is 95.5 Å². The second-order valence-corrected chi connectivity index (χ2v) is 5.86. The maximum absolute atomic E-state index is 11.8. The van der Waals surface area contributed by atoms with E-state index in [-0.39, 0.29) is 12.3 Å². The fourth-order valence-corrected chi connectivity index (χ4v) is 2.59. The molecule has 0 spiro atoms. The molecule has 0 amide bonds. The highest BCUT2D eigenvalue weighted by atomic mass is 32.2. The minimum absolute atomic E-state index is 0.0286. The maximum atomic E-state index is 11.8. The van der Waals surface area contributed by atoms with E-state index in [0.29, 0.717) is 5.75 Å². The van der Waals surface area contributed by atoms with Crippen molar-refractivity contribution in [1.82, 2.24) is 0 Å². The minimum Gasteiger partial charge on any atom is -0.460 e. The number of ether oxygens (including phenoxy) is 1. The molecular formula is C16H16N2O4S. The Hall–Kier alpha value is -2.38. The van der Waals surface area contributed by atoms with Crippen LogP contribution in [-0.2, 0) is 16.1 Å². The third-order valence-electron chi connectivity index (χ3n) is 3.00. The monoisotopic (exact) mass is 332 g/mol. The lowest BCUT2D eigenvalue weighted by Gasteiger charge is -2.11. The van der Waals surface area contributed by atoms with Gasteiger partial charge >= 0.3 is 5.97 Å². The van der Waals surface area contributed by atoms with Gasteiger partial charge in [-0.05, 0) is 17.7 Å². The smallest absolute Gasteiger partial charge is 0.324 e.